The zero-order valence-electron chi connectivity index (χ0n) is 8.38. The topological polar surface area (TPSA) is 38.0 Å². The molecule has 2 atom stereocenters. The molecule has 2 nitrogen and oxygen atoms in total. The van der Waals surface area contributed by atoms with Crippen LogP contribution in [0.4, 0.5) is 0 Å². The van der Waals surface area contributed by atoms with Crippen LogP contribution in [0.3, 0.4) is 0 Å². The largest absolute Gasteiger partial charge is 0.271 e. The molecule has 0 aromatic heterocycles. The maximum atomic E-state index is 5.68. The van der Waals surface area contributed by atoms with E-state index in [0.29, 0.717) is 10.8 Å². The van der Waals surface area contributed by atoms with Crippen LogP contribution in [0.25, 0.3) is 0 Å². The van der Waals surface area contributed by atoms with E-state index in [2.05, 4.69) is 24.1 Å². The minimum atomic E-state index is 0.417. The second-order valence-electron chi connectivity index (χ2n) is 4.60. The molecular weight excluding hydrogens is 180 g/mol. The number of hydrogen-bond donors (Lipinski definition) is 2. The van der Waals surface area contributed by atoms with Gasteiger partial charge in [-0.25, -0.2) is 0 Å². The normalized spacial score (nSPS) is 37.4. The highest BCUT2D eigenvalue weighted by molar-refractivity contribution is 8.00. The third-order valence-electron chi connectivity index (χ3n) is 3.71. The Morgan fingerprint density at radius 3 is 2.62 bits per heavy atom. The zero-order chi connectivity index (χ0) is 9.31. The highest BCUT2D eigenvalue weighted by Crippen LogP contribution is 2.46. The summed E-state index contributed by atoms with van der Waals surface area (Å²) < 4.78 is 0.417. The molecule has 0 radical (unpaired) electrons. The van der Waals surface area contributed by atoms with Crippen molar-refractivity contribution < 1.29 is 0 Å². The van der Waals surface area contributed by atoms with Crippen molar-refractivity contribution in [2.24, 2.45) is 11.8 Å². The fourth-order valence-electron chi connectivity index (χ4n) is 2.63. The SMILES string of the molecule is CC1(C(NN)C2CCC2)CCCS1. The molecule has 76 valence electrons. The van der Waals surface area contributed by atoms with Crippen molar-refractivity contribution in [3.63, 3.8) is 0 Å². The van der Waals surface area contributed by atoms with Gasteiger partial charge in [0.05, 0.1) is 0 Å². The Morgan fingerprint density at radius 2 is 2.23 bits per heavy atom. The van der Waals surface area contributed by atoms with Crippen LogP contribution >= 0.6 is 11.8 Å². The fraction of sp³-hybridized carbons (Fsp3) is 1.00. The Hall–Kier alpha value is 0.270. The molecular formula is C10H20N2S. The van der Waals surface area contributed by atoms with E-state index in [1.807, 2.05) is 0 Å². The Balaban J connectivity index is 2.01. The lowest BCUT2D eigenvalue weighted by Crippen LogP contribution is -2.54. The first kappa shape index (κ1) is 9.81. The molecule has 2 fully saturated rings. The van der Waals surface area contributed by atoms with Crippen molar-refractivity contribution in [3.05, 3.63) is 0 Å². The van der Waals surface area contributed by atoms with Gasteiger partial charge in [0.15, 0.2) is 0 Å². The Morgan fingerprint density at radius 1 is 1.46 bits per heavy atom. The Bertz CT molecular complexity index is 174. The lowest BCUT2D eigenvalue weighted by Gasteiger charge is -2.42. The van der Waals surface area contributed by atoms with Gasteiger partial charge in [0.2, 0.25) is 0 Å². The molecule has 1 aliphatic carbocycles. The summed E-state index contributed by atoms with van der Waals surface area (Å²) in [5.41, 5.74) is 3.07. The molecule has 0 amide bonds. The molecule has 0 spiro atoms. The monoisotopic (exact) mass is 200 g/mol. The van der Waals surface area contributed by atoms with Crippen LogP contribution in [0, 0.1) is 5.92 Å². The van der Waals surface area contributed by atoms with E-state index in [4.69, 9.17) is 5.84 Å². The summed E-state index contributed by atoms with van der Waals surface area (Å²) in [7, 11) is 0. The maximum Gasteiger partial charge on any atom is 0.0383 e. The van der Waals surface area contributed by atoms with Crippen LogP contribution in [-0.4, -0.2) is 16.5 Å². The van der Waals surface area contributed by atoms with Crippen molar-refractivity contribution >= 4 is 11.8 Å². The quantitative estimate of drug-likeness (QED) is 0.540. The third-order valence-corrected chi connectivity index (χ3v) is 5.32. The van der Waals surface area contributed by atoms with Crippen LogP contribution in [0.5, 0.6) is 0 Å². The predicted octanol–water partition coefficient (Wildman–Crippen LogP) is 1.90. The standard InChI is InChI=1S/C10H20N2S/c1-10(6-3-7-13-10)9(12-11)8-4-2-5-8/h8-9,12H,2-7,11H2,1H3. The van der Waals surface area contributed by atoms with Crippen LogP contribution in [0.1, 0.15) is 39.0 Å². The number of rotatable bonds is 3. The van der Waals surface area contributed by atoms with E-state index in [0.717, 1.165) is 5.92 Å². The number of thioether (sulfide) groups is 1. The van der Waals surface area contributed by atoms with Crippen molar-refractivity contribution in [3.8, 4) is 0 Å². The summed E-state index contributed by atoms with van der Waals surface area (Å²) in [6.07, 6.45) is 6.87. The minimum absolute atomic E-state index is 0.417. The predicted molar refractivity (Wildman–Crippen MR) is 58.5 cm³/mol. The summed E-state index contributed by atoms with van der Waals surface area (Å²) in [5.74, 6) is 7.85. The lowest BCUT2D eigenvalue weighted by molar-refractivity contribution is 0.195. The molecule has 13 heavy (non-hydrogen) atoms. The van der Waals surface area contributed by atoms with Gasteiger partial charge in [-0.05, 0) is 44.3 Å². The van der Waals surface area contributed by atoms with E-state index in [1.165, 1.54) is 37.9 Å². The first-order valence-electron chi connectivity index (χ1n) is 5.36. The molecule has 0 bridgehead atoms. The molecule has 3 N–H and O–H groups in total. The van der Waals surface area contributed by atoms with Crippen LogP contribution in [-0.2, 0) is 0 Å². The van der Waals surface area contributed by atoms with Gasteiger partial charge < -0.3 is 0 Å². The van der Waals surface area contributed by atoms with E-state index in [9.17, 15) is 0 Å². The van der Waals surface area contributed by atoms with Gasteiger partial charge in [-0.2, -0.15) is 11.8 Å². The molecule has 2 rings (SSSR count). The van der Waals surface area contributed by atoms with Gasteiger partial charge in [-0.3, -0.25) is 11.3 Å². The fourth-order valence-corrected chi connectivity index (χ4v) is 4.11. The molecule has 1 saturated heterocycles. The summed E-state index contributed by atoms with van der Waals surface area (Å²) >= 11 is 2.11. The average molecular weight is 200 g/mol. The first-order chi connectivity index (χ1) is 6.26. The zero-order valence-corrected chi connectivity index (χ0v) is 9.20. The van der Waals surface area contributed by atoms with Crippen LogP contribution in [0.15, 0.2) is 0 Å². The summed E-state index contributed by atoms with van der Waals surface area (Å²) in [5, 5.41) is 0. The van der Waals surface area contributed by atoms with Gasteiger partial charge >= 0.3 is 0 Å². The number of hydrazine groups is 1. The molecule has 0 aromatic carbocycles. The maximum absolute atomic E-state index is 5.68. The second kappa shape index (κ2) is 3.79. The molecule has 1 aliphatic heterocycles. The van der Waals surface area contributed by atoms with E-state index in [1.54, 1.807) is 0 Å². The second-order valence-corrected chi connectivity index (χ2v) is 6.23. The molecule has 3 heteroatoms. The molecule has 2 unspecified atom stereocenters. The van der Waals surface area contributed by atoms with Gasteiger partial charge in [0.1, 0.15) is 0 Å². The van der Waals surface area contributed by atoms with E-state index in [-0.39, 0.29) is 0 Å². The van der Waals surface area contributed by atoms with Crippen molar-refractivity contribution in [1.29, 1.82) is 0 Å². The number of nitrogens with one attached hydrogen (secondary N) is 1. The van der Waals surface area contributed by atoms with Crippen molar-refractivity contribution in [2.75, 3.05) is 5.75 Å². The molecule has 2 aliphatic rings. The van der Waals surface area contributed by atoms with Gasteiger partial charge in [-0.1, -0.05) is 6.42 Å². The summed E-state index contributed by atoms with van der Waals surface area (Å²) in [6, 6.07) is 0.550. The smallest absolute Gasteiger partial charge is 0.0383 e. The number of hydrogen-bond acceptors (Lipinski definition) is 3. The first-order valence-corrected chi connectivity index (χ1v) is 6.35. The van der Waals surface area contributed by atoms with Crippen LogP contribution < -0.4 is 11.3 Å². The highest BCUT2D eigenvalue weighted by atomic mass is 32.2. The van der Waals surface area contributed by atoms with Gasteiger partial charge in [-0.15, -0.1) is 0 Å². The average Bonchev–Trinajstić information content (AvgIpc) is 2.44. The van der Waals surface area contributed by atoms with Gasteiger partial charge in [0, 0.05) is 10.8 Å². The van der Waals surface area contributed by atoms with E-state index >= 15 is 0 Å². The summed E-state index contributed by atoms with van der Waals surface area (Å²) in [4.78, 5) is 0. The summed E-state index contributed by atoms with van der Waals surface area (Å²) in [6.45, 7) is 2.38. The van der Waals surface area contributed by atoms with E-state index < -0.39 is 0 Å². The Kier molecular flexibility index (Phi) is 2.86. The van der Waals surface area contributed by atoms with Crippen molar-refractivity contribution in [1.82, 2.24) is 5.43 Å². The Labute approximate surface area is 85.0 Å². The minimum Gasteiger partial charge on any atom is -0.271 e. The molecule has 1 saturated carbocycles. The van der Waals surface area contributed by atoms with Crippen molar-refractivity contribution in [2.45, 2.75) is 49.8 Å². The van der Waals surface area contributed by atoms with Gasteiger partial charge in [0.25, 0.3) is 0 Å². The highest BCUT2D eigenvalue weighted by Gasteiger charge is 2.42. The third kappa shape index (κ3) is 1.74. The molecule has 0 aromatic rings. The number of nitrogens with two attached hydrogens (primary N) is 1. The van der Waals surface area contributed by atoms with Crippen LogP contribution in [0.2, 0.25) is 0 Å². The molecule has 1 heterocycles. The lowest BCUT2D eigenvalue weighted by atomic mass is 9.74.